The molecule has 2 atom stereocenters. The maximum absolute atomic E-state index is 12.6. The lowest BCUT2D eigenvalue weighted by molar-refractivity contribution is -0.149. The van der Waals surface area contributed by atoms with Crippen molar-refractivity contribution in [3.63, 3.8) is 0 Å². The van der Waals surface area contributed by atoms with Crippen LogP contribution in [0.2, 0.25) is 0 Å². The van der Waals surface area contributed by atoms with Crippen molar-refractivity contribution in [1.29, 1.82) is 0 Å². The van der Waals surface area contributed by atoms with Crippen molar-refractivity contribution in [1.82, 2.24) is 0 Å². The van der Waals surface area contributed by atoms with E-state index in [0.717, 1.165) is 25.7 Å². The molecule has 3 nitrogen and oxygen atoms in total. The highest BCUT2D eigenvalue weighted by Gasteiger charge is 2.42. The van der Waals surface area contributed by atoms with E-state index in [1.54, 1.807) is 0 Å². The van der Waals surface area contributed by atoms with Crippen molar-refractivity contribution >= 4 is 11.8 Å². The Kier molecular flexibility index (Phi) is 5.16. The predicted octanol–water partition coefficient (Wildman–Crippen LogP) is 3.56. The van der Waals surface area contributed by atoms with Gasteiger partial charge in [-0.05, 0) is 37.2 Å². The largest absolute Gasteiger partial charge is 0.469 e. The summed E-state index contributed by atoms with van der Waals surface area (Å²) in [4.78, 5) is 24.2. The van der Waals surface area contributed by atoms with Gasteiger partial charge in [-0.15, -0.1) is 0 Å². The fraction of sp³-hybridized carbons (Fsp3) is 0.556. The number of ketones is 1. The number of rotatable bonds is 5. The second-order valence-electron chi connectivity index (χ2n) is 6.11. The fourth-order valence-electron chi connectivity index (χ4n) is 3.36. The minimum Gasteiger partial charge on any atom is -0.469 e. The Morgan fingerprint density at radius 1 is 1.33 bits per heavy atom. The van der Waals surface area contributed by atoms with Crippen molar-refractivity contribution < 1.29 is 14.3 Å². The standard InChI is InChI=1S/C18H24O3/c1-3-18(13-17(20)21-2)10-9-15(12-16(18)19)11-14-7-5-4-6-8-14/h4-8,15H,3,9-13H2,1-2H3/t15-,18+/m1/s1. The van der Waals surface area contributed by atoms with Crippen molar-refractivity contribution in [3.05, 3.63) is 35.9 Å². The Bertz CT molecular complexity index is 494. The zero-order valence-electron chi connectivity index (χ0n) is 12.9. The average molecular weight is 288 g/mol. The first-order valence-corrected chi connectivity index (χ1v) is 7.73. The summed E-state index contributed by atoms with van der Waals surface area (Å²) in [7, 11) is 1.39. The van der Waals surface area contributed by atoms with Crippen LogP contribution in [0.3, 0.4) is 0 Å². The molecule has 1 saturated carbocycles. The van der Waals surface area contributed by atoms with Crippen molar-refractivity contribution in [3.8, 4) is 0 Å². The zero-order valence-corrected chi connectivity index (χ0v) is 12.9. The van der Waals surface area contributed by atoms with Crippen LogP contribution >= 0.6 is 0 Å². The summed E-state index contributed by atoms with van der Waals surface area (Å²) in [6, 6.07) is 10.3. The molecule has 2 rings (SSSR count). The van der Waals surface area contributed by atoms with Crippen LogP contribution < -0.4 is 0 Å². The lowest BCUT2D eigenvalue weighted by Crippen LogP contribution is -2.39. The Balaban J connectivity index is 2.00. The second-order valence-corrected chi connectivity index (χ2v) is 6.11. The van der Waals surface area contributed by atoms with E-state index in [0.29, 0.717) is 12.3 Å². The van der Waals surface area contributed by atoms with Gasteiger partial charge in [0, 0.05) is 11.8 Å². The van der Waals surface area contributed by atoms with E-state index in [1.165, 1.54) is 12.7 Å². The topological polar surface area (TPSA) is 43.4 Å². The summed E-state index contributed by atoms with van der Waals surface area (Å²) in [5.41, 5.74) is 0.799. The number of ether oxygens (including phenoxy) is 1. The van der Waals surface area contributed by atoms with Gasteiger partial charge in [0.05, 0.1) is 13.5 Å². The highest BCUT2D eigenvalue weighted by Crippen LogP contribution is 2.42. The number of hydrogen-bond donors (Lipinski definition) is 0. The van der Waals surface area contributed by atoms with Gasteiger partial charge in [-0.3, -0.25) is 9.59 Å². The highest BCUT2D eigenvalue weighted by molar-refractivity contribution is 5.89. The Labute approximate surface area is 126 Å². The van der Waals surface area contributed by atoms with Gasteiger partial charge in [-0.25, -0.2) is 0 Å². The van der Waals surface area contributed by atoms with Gasteiger partial charge in [0.2, 0.25) is 0 Å². The molecule has 21 heavy (non-hydrogen) atoms. The normalized spacial score (nSPS) is 25.6. The molecule has 3 heteroatoms. The third-order valence-electron chi connectivity index (χ3n) is 4.85. The molecule has 0 aliphatic heterocycles. The van der Waals surface area contributed by atoms with Crippen LogP contribution in [-0.2, 0) is 20.7 Å². The molecule has 0 heterocycles. The number of benzene rings is 1. The first kappa shape index (κ1) is 15.7. The number of methoxy groups -OCH3 is 1. The van der Waals surface area contributed by atoms with Gasteiger partial charge < -0.3 is 4.74 Å². The van der Waals surface area contributed by atoms with Crippen molar-refractivity contribution in [2.75, 3.05) is 7.11 Å². The van der Waals surface area contributed by atoms with Crippen LogP contribution in [0.1, 0.15) is 44.6 Å². The molecule has 0 radical (unpaired) electrons. The summed E-state index contributed by atoms with van der Waals surface area (Å²) in [5, 5.41) is 0. The number of Topliss-reactive ketones (excluding diaryl/α,β-unsaturated/α-hetero) is 1. The minimum absolute atomic E-state index is 0.233. The Morgan fingerprint density at radius 3 is 2.62 bits per heavy atom. The SMILES string of the molecule is CC[C@@]1(CC(=O)OC)CC[C@H](Cc2ccccc2)CC1=O. The molecule has 1 aromatic rings. The quantitative estimate of drug-likeness (QED) is 0.778. The van der Waals surface area contributed by atoms with Crippen LogP contribution in [0.5, 0.6) is 0 Å². The molecule has 1 fully saturated rings. The predicted molar refractivity (Wildman–Crippen MR) is 81.9 cm³/mol. The first-order valence-electron chi connectivity index (χ1n) is 7.73. The van der Waals surface area contributed by atoms with Crippen molar-refractivity contribution in [2.24, 2.45) is 11.3 Å². The molecule has 0 N–H and O–H groups in total. The molecule has 114 valence electrons. The zero-order chi connectivity index (χ0) is 15.3. The Morgan fingerprint density at radius 2 is 2.05 bits per heavy atom. The van der Waals surface area contributed by atoms with Crippen molar-refractivity contribution in [2.45, 2.75) is 45.4 Å². The van der Waals surface area contributed by atoms with E-state index in [9.17, 15) is 9.59 Å². The van der Waals surface area contributed by atoms with Crippen LogP contribution in [0.25, 0.3) is 0 Å². The molecule has 1 aromatic carbocycles. The van der Waals surface area contributed by atoms with Crippen LogP contribution in [0, 0.1) is 11.3 Å². The summed E-state index contributed by atoms with van der Waals surface area (Å²) >= 11 is 0. The van der Waals surface area contributed by atoms with E-state index >= 15 is 0 Å². The van der Waals surface area contributed by atoms with E-state index in [1.807, 2.05) is 25.1 Å². The molecule has 0 spiro atoms. The summed E-state index contributed by atoms with van der Waals surface area (Å²) in [6.07, 6.45) is 4.29. The summed E-state index contributed by atoms with van der Waals surface area (Å²) < 4.78 is 4.76. The third kappa shape index (κ3) is 3.72. The monoisotopic (exact) mass is 288 g/mol. The lowest BCUT2D eigenvalue weighted by Gasteiger charge is -2.37. The average Bonchev–Trinajstić information content (AvgIpc) is 2.51. The molecule has 0 amide bonds. The maximum Gasteiger partial charge on any atom is 0.306 e. The minimum atomic E-state index is -0.486. The lowest BCUT2D eigenvalue weighted by atomic mass is 9.65. The number of carbonyl (C=O) groups excluding carboxylic acids is 2. The molecular weight excluding hydrogens is 264 g/mol. The first-order chi connectivity index (χ1) is 10.1. The number of carbonyl (C=O) groups is 2. The molecule has 0 aromatic heterocycles. The van der Waals surface area contributed by atoms with Gasteiger partial charge in [0.25, 0.3) is 0 Å². The van der Waals surface area contributed by atoms with Gasteiger partial charge in [0.1, 0.15) is 5.78 Å². The smallest absolute Gasteiger partial charge is 0.306 e. The highest BCUT2D eigenvalue weighted by atomic mass is 16.5. The van der Waals surface area contributed by atoms with Gasteiger partial charge in [-0.1, -0.05) is 37.3 Å². The van der Waals surface area contributed by atoms with E-state index in [4.69, 9.17) is 4.74 Å². The molecule has 1 aliphatic rings. The van der Waals surface area contributed by atoms with E-state index in [2.05, 4.69) is 12.1 Å². The van der Waals surface area contributed by atoms with E-state index in [-0.39, 0.29) is 18.2 Å². The molecular formula is C18H24O3. The Hall–Kier alpha value is -1.64. The van der Waals surface area contributed by atoms with Gasteiger partial charge in [-0.2, -0.15) is 0 Å². The summed E-state index contributed by atoms with van der Waals surface area (Å²) in [5.74, 6) is 0.367. The fourth-order valence-corrected chi connectivity index (χ4v) is 3.36. The van der Waals surface area contributed by atoms with Gasteiger partial charge >= 0.3 is 5.97 Å². The molecule has 0 saturated heterocycles. The molecule has 0 bridgehead atoms. The van der Waals surface area contributed by atoms with Crippen LogP contribution in [-0.4, -0.2) is 18.9 Å². The molecule has 0 unspecified atom stereocenters. The molecule has 1 aliphatic carbocycles. The summed E-state index contributed by atoms with van der Waals surface area (Å²) in [6.45, 7) is 2.00. The third-order valence-corrected chi connectivity index (χ3v) is 4.85. The van der Waals surface area contributed by atoms with E-state index < -0.39 is 5.41 Å². The van der Waals surface area contributed by atoms with Crippen LogP contribution in [0.4, 0.5) is 0 Å². The van der Waals surface area contributed by atoms with Crippen LogP contribution in [0.15, 0.2) is 30.3 Å². The van der Waals surface area contributed by atoms with Gasteiger partial charge in [0.15, 0.2) is 0 Å². The maximum atomic E-state index is 12.6. The number of hydrogen-bond acceptors (Lipinski definition) is 3. The number of esters is 1. The second kappa shape index (κ2) is 6.88.